The number of anilines is 1. The highest BCUT2D eigenvalue weighted by molar-refractivity contribution is 6.31. The zero-order chi connectivity index (χ0) is 20.3. The molecular formula is C21H22ClFN2O3. The molecule has 0 saturated heterocycles. The SMILES string of the molecule is CCC(CC)NC(=O)C1CN(C(=O)c2cc(Cl)ccc2F)c2ccccc2O1. The quantitative estimate of drug-likeness (QED) is 0.812. The Kier molecular flexibility index (Phi) is 6.19. The van der Waals surface area contributed by atoms with E-state index in [0.29, 0.717) is 11.4 Å². The molecule has 1 unspecified atom stereocenters. The Morgan fingerprint density at radius 3 is 2.68 bits per heavy atom. The molecule has 7 heteroatoms. The van der Waals surface area contributed by atoms with Crippen molar-refractivity contribution in [3.63, 3.8) is 0 Å². The van der Waals surface area contributed by atoms with E-state index >= 15 is 0 Å². The Labute approximate surface area is 168 Å². The summed E-state index contributed by atoms with van der Waals surface area (Å²) in [4.78, 5) is 27.1. The van der Waals surface area contributed by atoms with Crippen LogP contribution in [0.5, 0.6) is 5.75 Å². The lowest BCUT2D eigenvalue weighted by Gasteiger charge is -2.34. The van der Waals surface area contributed by atoms with Crippen LogP contribution in [0.3, 0.4) is 0 Å². The van der Waals surface area contributed by atoms with Crippen LogP contribution in [0.25, 0.3) is 0 Å². The Balaban J connectivity index is 1.92. The van der Waals surface area contributed by atoms with Crippen molar-refractivity contribution in [3.05, 3.63) is 58.9 Å². The van der Waals surface area contributed by atoms with Gasteiger partial charge in [-0.05, 0) is 43.2 Å². The number of nitrogens with one attached hydrogen (secondary N) is 1. The summed E-state index contributed by atoms with van der Waals surface area (Å²) in [6.45, 7) is 3.96. The molecule has 0 aromatic heterocycles. The van der Waals surface area contributed by atoms with Crippen molar-refractivity contribution < 1.29 is 18.7 Å². The van der Waals surface area contributed by atoms with Crippen molar-refractivity contribution in [3.8, 4) is 5.75 Å². The van der Waals surface area contributed by atoms with Crippen LogP contribution in [0.2, 0.25) is 5.02 Å². The number of carbonyl (C=O) groups is 2. The van der Waals surface area contributed by atoms with Crippen molar-refractivity contribution in [1.82, 2.24) is 5.32 Å². The number of halogens is 2. The first-order chi connectivity index (χ1) is 13.4. The first-order valence-electron chi connectivity index (χ1n) is 9.27. The topological polar surface area (TPSA) is 58.6 Å². The maximum absolute atomic E-state index is 14.3. The van der Waals surface area contributed by atoms with Crippen molar-refractivity contribution in [2.45, 2.75) is 38.8 Å². The summed E-state index contributed by atoms with van der Waals surface area (Å²) < 4.78 is 20.1. The van der Waals surface area contributed by atoms with Crippen LogP contribution in [-0.4, -0.2) is 30.5 Å². The first kappa shape index (κ1) is 20.1. The van der Waals surface area contributed by atoms with Crippen LogP contribution in [-0.2, 0) is 4.79 Å². The molecule has 2 amide bonds. The second-order valence-corrected chi connectivity index (χ2v) is 7.07. The predicted molar refractivity (Wildman–Crippen MR) is 106 cm³/mol. The fraction of sp³-hybridized carbons (Fsp3) is 0.333. The second-order valence-electron chi connectivity index (χ2n) is 6.64. The van der Waals surface area contributed by atoms with Gasteiger partial charge in [-0.15, -0.1) is 0 Å². The van der Waals surface area contributed by atoms with E-state index in [1.165, 1.54) is 17.0 Å². The summed E-state index contributed by atoms with van der Waals surface area (Å²) in [5.74, 6) is -1.14. The lowest BCUT2D eigenvalue weighted by Crippen LogP contribution is -2.52. The van der Waals surface area contributed by atoms with Crippen molar-refractivity contribution in [2.24, 2.45) is 0 Å². The molecule has 5 nitrogen and oxygen atoms in total. The van der Waals surface area contributed by atoms with Crippen LogP contribution in [0.4, 0.5) is 10.1 Å². The maximum Gasteiger partial charge on any atom is 0.263 e. The van der Waals surface area contributed by atoms with Crippen molar-refractivity contribution in [2.75, 3.05) is 11.4 Å². The second kappa shape index (κ2) is 8.61. The average Bonchev–Trinajstić information content (AvgIpc) is 2.72. The zero-order valence-corrected chi connectivity index (χ0v) is 16.5. The van der Waals surface area contributed by atoms with E-state index in [4.69, 9.17) is 16.3 Å². The molecule has 28 heavy (non-hydrogen) atoms. The summed E-state index contributed by atoms with van der Waals surface area (Å²) in [5.41, 5.74) is 0.335. The highest BCUT2D eigenvalue weighted by atomic mass is 35.5. The number of carbonyl (C=O) groups excluding carboxylic acids is 2. The van der Waals surface area contributed by atoms with Gasteiger partial charge in [-0.25, -0.2) is 4.39 Å². The number of nitrogens with zero attached hydrogens (tertiary/aromatic N) is 1. The van der Waals surface area contributed by atoms with Gasteiger partial charge in [0.25, 0.3) is 11.8 Å². The minimum Gasteiger partial charge on any atom is -0.477 e. The molecule has 0 aliphatic carbocycles. The number of rotatable bonds is 5. The smallest absolute Gasteiger partial charge is 0.263 e. The normalized spacial score (nSPS) is 15.8. The third-order valence-electron chi connectivity index (χ3n) is 4.80. The summed E-state index contributed by atoms with van der Waals surface area (Å²) in [7, 11) is 0. The monoisotopic (exact) mass is 404 g/mol. The third-order valence-corrected chi connectivity index (χ3v) is 5.04. The van der Waals surface area contributed by atoms with Gasteiger partial charge in [-0.2, -0.15) is 0 Å². The molecule has 2 aromatic rings. The maximum atomic E-state index is 14.3. The largest absolute Gasteiger partial charge is 0.477 e. The van der Waals surface area contributed by atoms with Gasteiger partial charge in [0.1, 0.15) is 11.6 Å². The Hall–Kier alpha value is -2.60. The summed E-state index contributed by atoms with van der Waals surface area (Å²) in [6.07, 6.45) is 0.700. The molecule has 0 bridgehead atoms. The molecule has 2 aromatic carbocycles. The zero-order valence-electron chi connectivity index (χ0n) is 15.7. The van der Waals surface area contributed by atoms with Gasteiger partial charge in [0.2, 0.25) is 0 Å². The van der Waals surface area contributed by atoms with Crippen LogP contribution in [0.1, 0.15) is 37.0 Å². The van der Waals surface area contributed by atoms with E-state index in [2.05, 4.69) is 5.32 Å². The predicted octanol–water partition coefficient (Wildman–Crippen LogP) is 4.19. The molecule has 0 fully saturated rings. The van der Waals surface area contributed by atoms with Crippen molar-refractivity contribution in [1.29, 1.82) is 0 Å². The van der Waals surface area contributed by atoms with Gasteiger partial charge in [-0.1, -0.05) is 37.6 Å². The molecule has 148 valence electrons. The van der Waals surface area contributed by atoms with E-state index in [-0.39, 0.29) is 29.1 Å². The lowest BCUT2D eigenvalue weighted by molar-refractivity contribution is -0.128. The number of ether oxygens (including phenoxy) is 1. The number of hydrogen-bond donors (Lipinski definition) is 1. The number of amides is 2. The van der Waals surface area contributed by atoms with Crippen molar-refractivity contribution >= 4 is 29.1 Å². The molecule has 0 radical (unpaired) electrons. The van der Waals surface area contributed by atoms with Gasteiger partial charge in [0.15, 0.2) is 6.10 Å². The Morgan fingerprint density at radius 2 is 1.96 bits per heavy atom. The summed E-state index contributed by atoms with van der Waals surface area (Å²) in [6, 6.07) is 10.7. The summed E-state index contributed by atoms with van der Waals surface area (Å²) in [5, 5.41) is 3.20. The van der Waals surface area contributed by atoms with E-state index < -0.39 is 17.8 Å². The fourth-order valence-electron chi connectivity index (χ4n) is 3.16. The fourth-order valence-corrected chi connectivity index (χ4v) is 3.33. The molecule has 1 atom stereocenters. The highest BCUT2D eigenvalue weighted by Crippen LogP contribution is 2.34. The van der Waals surface area contributed by atoms with Crippen LogP contribution < -0.4 is 15.0 Å². The lowest BCUT2D eigenvalue weighted by atomic mass is 10.1. The van der Waals surface area contributed by atoms with Gasteiger partial charge in [-0.3, -0.25) is 9.59 Å². The Bertz CT molecular complexity index is 886. The number of para-hydroxylation sites is 2. The molecule has 1 N–H and O–H groups in total. The molecular weight excluding hydrogens is 383 g/mol. The number of fused-ring (bicyclic) bond motifs is 1. The van der Waals surface area contributed by atoms with E-state index in [9.17, 15) is 14.0 Å². The minimum absolute atomic E-state index is 0.0201. The Morgan fingerprint density at radius 1 is 1.25 bits per heavy atom. The van der Waals surface area contributed by atoms with Crippen LogP contribution >= 0.6 is 11.6 Å². The minimum atomic E-state index is -0.887. The average molecular weight is 405 g/mol. The van der Waals surface area contributed by atoms with Crippen LogP contribution in [0.15, 0.2) is 42.5 Å². The third kappa shape index (κ3) is 4.12. The first-order valence-corrected chi connectivity index (χ1v) is 9.65. The molecule has 1 heterocycles. The molecule has 1 aliphatic heterocycles. The standard InChI is InChI=1S/C21H22ClFN2O3/c1-3-14(4-2)24-20(26)19-12-25(17-7-5-6-8-18(17)28-19)21(27)15-11-13(22)9-10-16(15)23/h5-11,14,19H,3-4,12H2,1-2H3,(H,24,26). The van der Waals surface area contributed by atoms with Gasteiger partial charge < -0.3 is 15.0 Å². The summed E-state index contributed by atoms with van der Waals surface area (Å²) >= 11 is 5.94. The van der Waals surface area contributed by atoms with E-state index in [1.807, 2.05) is 13.8 Å². The highest BCUT2D eigenvalue weighted by Gasteiger charge is 2.35. The van der Waals surface area contributed by atoms with Gasteiger partial charge >= 0.3 is 0 Å². The molecule has 0 spiro atoms. The van der Waals surface area contributed by atoms with E-state index in [1.54, 1.807) is 24.3 Å². The molecule has 1 aliphatic rings. The number of hydrogen-bond acceptors (Lipinski definition) is 3. The number of benzene rings is 2. The van der Waals surface area contributed by atoms with E-state index in [0.717, 1.165) is 18.9 Å². The van der Waals surface area contributed by atoms with Crippen LogP contribution in [0, 0.1) is 5.82 Å². The molecule has 3 rings (SSSR count). The van der Waals surface area contributed by atoms with Gasteiger partial charge in [0, 0.05) is 11.1 Å². The molecule has 0 saturated carbocycles. The van der Waals surface area contributed by atoms with Gasteiger partial charge in [0.05, 0.1) is 17.8 Å².